The van der Waals surface area contributed by atoms with Gasteiger partial charge < -0.3 is 14.4 Å². The minimum Gasteiger partial charge on any atom is -0.485 e. The highest BCUT2D eigenvalue weighted by atomic mass is 32.2. The molecule has 4 rings (SSSR count). The van der Waals surface area contributed by atoms with E-state index in [1.165, 1.54) is 6.07 Å². The number of morpholine rings is 1. The fraction of sp³-hybridized carbons (Fsp3) is 0.611. The number of hydrogen-bond acceptors (Lipinski definition) is 7. The number of nitrogens with zero attached hydrogens (tertiary/aromatic N) is 4. The van der Waals surface area contributed by atoms with E-state index >= 15 is 0 Å². The summed E-state index contributed by atoms with van der Waals surface area (Å²) >= 11 is 1.70. The van der Waals surface area contributed by atoms with Crippen molar-refractivity contribution in [1.82, 2.24) is 19.7 Å². The van der Waals surface area contributed by atoms with Gasteiger partial charge in [0.25, 0.3) is 11.5 Å². The summed E-state index contributed by atoms with van der Waals surface area (Å²) in [5.74, 6) is 1.91. The van der Waals surface area contributed by atoms with Crippen molar-refractivity contribution in [1.29, 1.82) is 0 Å². The van der Waals surface area contributed by atoms with Crippen molar-refractivity contribution in [2.75, 3.05) is 31.0 Å². The van der Waals surface area contributed by atoms with Crippen LogP contribution in [0.15, 0.2) is 17.1 Å². The molecule has 9 heteroatoms. The lowest BCUT2D eigenvalue weighted by atomic mass is 9.95. The number of fused-ring (bicyclic) bond motifs is 3. The second-order valence-corrected chi connectivity index (χ2v) is 9.35. The van der Waals surface area contributed by atoms with Gasteiger partial charge >= 0.3 is 0 Å². The Kier molecular flexibility index (Phi) is 4.27. The minimum atomic E-state index is -0.291. The lowest BCUT2D eigenvalue weighted by molar-refractivity contribution is 0.00702. The Morgan fingerprint density at radius 3 is 2.81 bits per heavy atom. The predicted octanol–water partition coefficient (Wildman–Crippen LogP) is 1.93. The van der Waals surface area contributed by atoms with Crippen molar-refractivity contribution in [3.8, 4) is 11.7 Å². The monoisotopic (exact) mass is 391 g/mol. The Hall–Kier alpha value is -2.00. The molecule has 0 aromatic carbocycles. The second kappa shape index (κ2) is 6.27. The molecule has 0 radical (unpaired) electrons. The highest BCUT2D eigenvalue weighted by molar-refractivity contribution is 7.99. The molecule has 2 aliphatic heterocycles. The van der Waals surface area contributed by atoms with Gasteiger partial charge in [-0.25, -0.2) is 9.67 Å². The zero-order valence-corrected chi connectivity index (χ0v) is 17.1. The molecule has 1 saturated heterocycles. The topological polar surface area (TPSA) is 85.3 Å². The molecule has 0 aliphatic carbocycles. The molecule has 1 fully saturated rings. The van der Waals surface area contributed by atoms with E-state index in [1.807, 2.05) is 0 Å². The SMILES string of the molecule is CSC(C)(C)c1nc(-n2ccc(=O)[nH]2)nc2c1OC[C@]1(C)COC[C@@H](C)N21. The first kappa shape index (κ1) is 18.4. The maximum Gasteiger partial charge on any atom is 0.264 e. The second-order valence-electron chi connectivity index (χ2n) is 7.92. The quantitative estimate of drug-likeness (QED) is 0.856. The Morgan fingerprint density at radius 1 is 1.37 bits per heavy atom. The van der Waals surface area contributed by atoms with Crippen molar-refractivity contribution < 1.29 is 9.47 Å². The Labute approximate surface area is 162 Å². The van der Waals surface area contributed by atoms with Gasteiger partial charge in [0.15, 0.2) is 11.6 Å². The molecule has 2 atom stereocenters. The largest absolute Gasteiger partial charge is 0.485 e. The number of rotatable bonds is 3. The van der Waals surface area contributed by atoms with E-state index in [1.54, 1.807) is 22.6 Å². The van der Waals surface area contributed by atoms with Crippen molar-refractivity contribution in [3.05, 3.63) is 28.3 Å². The average molecular weight is 391 g/mol. The number of thioether (sulfide) groups is 1. The van der Waals surface area contributed by atoms with Crippen LogP contribution in [-0.2, 0) is 9.48 Å². The van der Waals surface area contributed by atoms with Crippen LogP contribution in [0.1, 0.15) is 33.4 Å². The van der Waals surface area contributed by atoms with E-state index in [9.17, 15) is 4.79 Å². The fourth-order valence-electron chi connectivity index (χ4n) is 3.72. The van der Waals surface area contributed by atoms with Gasteiger partial charge in [0.2, 0.25) is 0 Å². The van der Waals surface area contributed by atoms with Crippen LogP contribution in [0.25, 0.3) is 5.95 Å². The van der Waals surface area contributed by atoms with Gasteiger partial charge in [0.05, 0.1) is 29.5 Å². The van der Waals surface area contributed by atoms with E-state index in [4.69, 9.17) is 19.4 Å². The third kappa shape index (κ3) is 2.93. The van der Waals surface area contributed by atoms with Gasteiger partial charge in [0.1, 0.15) is 12.3 Å². The maximum absolute atomic E-state index is 11.6. The zero-order chi connectivity index (χ0) is 19.4. The Morgan fingerprint density at radius 2 is 2.15 bits per heavy atom. The zero-order valence-electron chi connectivity index (χ0n) is 16.3. The van der Waals surface area contributed by atoms with Gasteiger partial charge in [-0.1, -0.05) is 0 Å². The van der Waals surface area contributed by atoms with Gasteiger partial charge in [-0.3, -0.25) is 9.89 Å². The molecule has 146 valence electrons. The smallest absolute Gasteiger partial charge is 0.264 e. The van der Waals surface area contributed by atoms with E-state index in [0.717, 1.165) is 17.3 Å². The van der Waals surface area contributed by atoms with Gasteiger partial charge in [-0.2, -0.15) is 16.7 Å². The number of H-pyrrole nitrogens is 1. The van der Waals surface area contributed by atoms with Gasteiger partial charge in [-0.05, 0) is 34.0 Å². The lowest BCUT2D eigenvalue weighted by Gasteiger charge is -2.51. The van der Waals surface area contributed by atoms with Crippen LogP contribution >= 0.6 is 11.8 Å². The number of ether oxygens (including phenoxy) is 2. The average Bonchev–Trinajstić information content (AvgIpc) is 3.06. The van der Waals surface area contributed by atoms with Crippen LogP contribution in [0.2, 0.25) is 0 Å². The molecule has 2 aliphatic rings. The summed E-state index contributed by atoms with van der Waals surface area (Å²) in [6.45, 7) is 10.2. The summed E-state index contributed by atoms with van der Waals surface area (Å²) in [6.07, 6.45) is 3.70. The fourth-order valence-corrected chi connectivity index (χ4v) is 4.05. The molecule has 2 aromatic rings. The highest BCUT2D eigenvalue weighted by Crippen LogP contribution is 2.47. The summed E-state index contributed by atoms with van der Waals surface area (Å²) in [7, 11) is 0. The number of anilines is 1. The molecule has 0 bridgehead atoms. The van der Waals surface area contributed by atoms with Crippen molar-refractivity contribution in [2.45, 2.75) is 44.0 Å². The molecule has 0 saturated carbocycles. The maximum atomic E-state index is 11.6. The molecule has 0 amide bonds. The summed E-state index contributed by atoms with van der Waals surface area (Å²) in [6, 6.07) is 1.61. The standard InChI is InChI=1S/C18H25N5O3S/c1-11-8-25-9-18(4)10-26-13-14(17(2,3)27-5)19-16(20-15(13)23(11)18)22-7-6-12(24)21-22/h6-7,11H,8-10H2,1-5H3,(H,21,24)/t11-,18+/m1/s1. The van der Waals surface area contributed by atoms with Crippen LogP contribution in [0.5, 0.6) is 5.75 Å². The van der Waals surface area contributed by atoms with Crippen LogP contribution in [0, 0.1) is 0 Å². The van der Waals surface area contributed by atoms with E-state index in [-0.39, 0.29) is 21.9 Å². The van der Waals surface area contributed by atoms with Gasteiger partial charge in [-0.15, -0.1) is 0 Å². The summed E-state index contributed by atoms with van der Waals surface area (Å²) in [5.41, 5.74) is 0.342. The molecule has 8 nitrogen and oxygen atoms in total. The van der Waals surface area contributed by atoms with Crippen LogP contribution < -0.4 is 15.2 Å². The molecule has 0 unspecified atom stereocenters. The first-order valence-electron chi connectivity index (χ1n) is 9.01. The number of hydrogen-bond donors (Lipinski definition) is 1. The van der Waals surface area contributed by atoms with Crippen LogP contribution in [-0.4, -0.2) is 57.4 Å². The minimum absolute atomic E-state index is 0.156. The van der Waals surface area contributed by atoms with Crippen molar-refractivity contribution in [3.63, 3.8) is 0 Å². The molecule has 1 N–H and O–H groups in total. The summed E-state index contributed by atoms with van der Waals surface area (Å²) in [5, 5.41) is 2.73. The molecular formula is C18H25N5O3S. The Bertz CT molecular complexity index is 924. The van der Waals surface area contributed by atoms with Crippen molar-refractivity contribution in [2.24, 2.45) is 0 Å². The van der Waals surface area contributed by atoms with E-state index in [2.05, 4.69) is 43.9 Å². The number of aromatic nitrogens is 4. The molecule has 4 heterocycles. The third-order valence-electron chi connectivity index (χ3n) is 5.29. The summed E-state index contributed by atoms with van der Waals surface area (Å²) < 4.78 is 13.3. The lowest BCUT2D eigenvalue weighted by Crippen LogP contribution is -2.64. The first-order chi connectivity index (χ1) is 12.7. The summed E-state index contributed by atoms with van der Waals surface area (Å²) in [4.78, 5) is 23.5. The normalized spacial score (nSPS) is 24.9. The van der Waals surface area contributed by atoms with E-state index < -0.39 is 0 Å². The predicted molar refractivity (Wildman–Crippen MR) is 105 cm³/mol. The van der Waals surface area contributed by atoms with Crippen LogP contribution in [0.3, 0.4) is 0 Å². The van der Waals surface area contributed by atoms with E-state index in [0.29, 0.717) is 25.8 Å². The third-order valence-corrected chi connectivity index (χ3v) is 6.50. The number of nitrogens with one attached hydrogen (secondary N) is 1. The van der Waals surface area contributed by atoms with Crippen molar-refractivity contribution >= 4 is 17.6 Å². The highest BCUT2D eigenvalue weighted by Gasteiger charge is 2.47. The Balaban J connectivity index is 1.96. The molecule has 0 spiro atoms. The molecular weight excluding hydrogens is 366 g/mol. The molecule has 27 heavy (non-hydrogen) atoms. The first-order valence-corrected chi connectivity index (χ1v) is 10.2. The number of aromatic amines is 1. The van der Waals surface area contributed by atoms with Crippen LogP contribution in [0.4, 0.5) is 5.82 Å². The van der Waals surface area contributed by atoms with Gasteiger partial charge in [0, 0.05) is 12.3 Å². The molecule has 2 aromatic heterocycles.